The van der Waals surface area contributed by atoms with Crippen LogP contribution in [0.5, 0.6) is 0 Å². The van der Waals surface area contributed by atoms with Gasteiger partial charge in [0, 0.05) is 34.2 Å². The van der Waals surface area contributed by atoms with E-state index in [0.29, 0.717) is 0 Å². The third kappa shape index (κ3) is 4.49. The van der Waals surface area contributed by atoms with Crippen molar-refractivity contribution in [1.82, 2.24) is 4.57 Å². The summed E-state index contributed by atoms with van der Waals surface area (Å²) < 4.78 is 2.23. The van der Waals surface area contributed by atoms with Crippen LogP contribution in [0.15, 0.2) is 24.4 Å². The summed E-state index contributed by atoms with van der Waals surface area (Å²) >= 11 is 6.10. The monoisotopic (exact) mass is 307 g/mol. The number of hydrogen-bond donors (Lipinski definition) is 1. The van der Waals surface area contributed by atoms with Crippen molar-refractivity contribution in [2.45, 2.75) is 65.0 Å². The summed E-state index contributed by atoms with van der Waals surface area (Å²) in [6.07, 6.45) is 11.2. The lowest BCUT2D eigenvalue weighted by molar-refractivity contribution is 0.283. The molecule has 0 spiro atoms. The topological polar surface area (TPSA) is 25.2 Å². The van der Waals surface area contributed by atoms with Gasteiger partial charge in [-0.1, -0.05) is 63.1 Å². The van der Waals surface area contributed by atoms with Gasteiger partial charge in [-0.05, 0) is 18.6 Å². The lowest BCUT2D eigenvalue weighted by Crippen LogP contribution is -1.96. The Bertz CT molecular complexity index is 562. The van der Waals surface area contributed by atoms with Crippen molar-refractivity contribution >= 4 is 22.5 Å². The van der Waals surface area contributed by atoms with E-state index in [2.05, 4.69) is 17.7 Å². The Kier molecular flexibility index (Phi) is 6.59. The van der Waals surface area contributed by atoms with Gasteiger partial charge in [-0.15, -0.1) is 0 Å². The van der Waals surface area contributed by atoms with Gasteiger partial charge in [0.15, 0.2) is 0 Å². The number of aryl methyl sites for hydroxylation is 1. The number of aliphatic hydroxyl groups excluding tert-OH is 1. The van der Waals surface area contributed by atoms with E-state index in [1.807, 2.05) is 18.2 Å². The molecule has 0 fully saturated rings. The average Bonchev–Trinajstić information content (AvgIpc) is 2.83. The molecular weight excluding hydrogens is 282 g/mol. The SMILES string of the molecule is CCCCCCCCCn1cc(CO)c2ccc(Cl)cc21. The van der Waals surface area contributed by atoms with Crippen LogP contribution in [0.25, 0.3) is 10.9 Å². The molecule has 0 aliphatic rings. The molecule has 0 amide bonds. The van der Waals surface area contributed by atoms with Gasteiger partial charge in [0.2, 0.25) is 0 Å². The second-order valence-electron chi connectivity index (χ2n) is 5.79. The summed E-state index contributed by atoms with van der Waals surface area (Å²) in [6, 6.07) is 5.89. The first-order valence-corrected chi connectivity index (χ1v) is 8.52. The van der Waals surface area contributed by atoms with Crippen LogP contribution < -0.4 is 0 Å². The Labute approximate surface area is 132 Å². The van der Waals surface area contributed by atoms with Crippen LogP contribution in [-0.2, 0) is 13.2 Å². The Morgan fingerprint density at radius 2 is 1.76 bits per heavy atom. The van der Waals surface area contributed by atoms with Crippen molar-refractivity contribution in [3.8, 4) is 0 Å². The van der Waals surface area contributed by atoms with Crippen LogP contribution in [-0.4, -0.2) is 9.67 Å². The normalized spacial score (nSPS) is 11.4. The summed E-state index contributed by atoms with van der Waals surface area (Å²) in [6.45, 7) is 3.34. The predicted molar refractivity (Wildman–Crippen MR) is 90.9 cm³/mol. The van der Waals surface area contributed by atoms with E-state index in [1.54, 1.807) is 0 Å². The molecule has 0 bridgehead atoms. The zero-order valence-corrected chi connectivity index (χ0v) is 13.7. The Morgan fingerprint density at radius 3 is 2.48 bits per heavy atom. The number of fused-ring (bicyclic) bond motifs is 1. The molecule has 0 saturated heterocycles. The van der Waals surface area contributed by atoms with Crippen LogP contribution in [0.4, 0.5) is 0 Å². The highest BCUT2D eigenvalue weighted by Crippen LogP contribution is 2.25. The number of unbranched alkanes of at least 4 members (excludes halogenated alkanes) is 6. The minimum absolute atomic E-state index is 0.0855. The molecule has 1 heterocycles. The second-order valence-corrected chi connectivity index (χ2v) is 6.23. The van der Waals surface area contributed by atoms with Crippen LogP contribution in [0.3, 0.4) is 0 Å². The largest absolute Gasteiger partial charge is 0.392 e. The van der Waals surface area contributed by atoms with Gasteiger partial charge in [-0.2, -0.15) is 0 Å². The number of hydrogen-bond acceptors (Lipinski definition) is 1. The first kappa shape index (κ1) is 16.4. The highest BCUT2D eigenvalue weighted by atomic mass is 35.5. The molecule has 1 N–H and O–H groups in total. The van der Waals surface area contributed by atoms with Crippen molar-refractivity contribution in [3.63, 3.8) is 0 Å². The maximum Gasteiger partial charge on any atom is 0.0702 e. The molecule has 2 aromatic rings. The average molecular weight is 308 g/mol. The molecule has 116 valence electrons. The summed E-state index contributed by atoms with van der Waals surface area (Å²) in [7, 11) is 0. The fourth-order valence-corrected chi connectivity index (χ4v) is 3.06. The van der Waals surface area contributed by atoms with Crippen LogP contribution in [0, 0.1) is 0 Å². The summed E-state index contributed by atoms with van der Waals surface area (Å²) in [5.41, 5.74) is 2.13. The number of aliphatic hydroxyl groups is 1. The van der Waals surface area contributed by atoms with E-state index in [9.17, 15) is 5.11 Å². The predicted octanol–water partition coefficient (Wildman–Crippen LogP) is 5.54. The third-order valence-corrected chi connectivity index (χ3v) is 4.33. The lowest BCUT2D eigenvalue weighted by atomic mass is 10.1. The number of rotatable bonds is 9. The standard InChI is InChI=1S/C18H26ClNO/c1-2-3-4-5-6-7-8-11-20-13-15(14-21)17-10-9-16(19)12-18(17)20/h9-10,12-13,21H,2-8,11,14H2,1H3. The van der Waals surface area contributed by atoms with Crippen molar-refractivity contribution in [2.75, 3.05) is 0 Å². The third-order valence-electron chi connectivity index (χ3n) is 4.10. The molecule has 0 saturated carbocycles. The Morgan fingerprint density at radius 1 is 1.05 bits per heavy atom. The molecule has 0 radical (unpaired) electrons. The van der Waals surface area contributed by atoms with Crippen molar-refractivity contribution in [2.24, 2.45) is 0 Å². The van der Waals surface area contributed by atoms with E-state index in [4.69, 9.17) is 11.6 Å². The molecule has 0 aliphatic heterocycles. The fourth-order valence-electron chi connectivity index (χ4n) is 2.89. The minimum atomic E-state index is 0.0855. The molecule has 0 atom stereocenters. The van der Waals surface area contributed by atoms with Crippen molar-refractivity contribution in [3.05, 3.63) is 35.0 Å². The van der Waals surface area contributed by atoms with E-state index in [-0.39, 0.29) is 6.61 Å². The number of nitrogens with zero attached hydrogens (tertiary/aromatic N) is 1. The molecule has 21 heavy (non-hydrogen) atoms. The molecule has 3 heteroatoms. The summed E-state index contributed by atoms with van der Waals surface area (Å²) in [4.78, 5) is 0. The maximum atomic E-state index is 9.46. The van der Waals surface area contributed by atoms with Gasteiger partial charge in [0.25, 0.3) is 0 Å². The van der Waals surface area contributed by atoms with E-state index >= 15 is 0 Å². The zero-order valence-electron chi connectivity index (χ0n) is 12.9. The van der Waals surface area contributed by atoms with Gasteiger partial charge >= 0.3 is 0 Å². The van der Waals surface area contributed by atoms with Crippen molar-refractivity contribution in [1.29, 1.82) is 0 Å². The second kappa shape index (κ2) is 8.45. The molecule has 2 rings (SSSR count). The van der Waals surface area contributed by atoms with Crippen molar-refractivity contribution < 1.29 is 5.11 Å². The van der Waals surface area contributed by atoms with Crippen LogP contribution in [0.1, 0.15) is 57.4 Å². The number of halogens is 1. The Balaban J connectivity index is 1.91. The van der Waals surface area contributed by atoms with Gasteiger partial charge in [0.05, 0.1) is 6.61 Å². The summed E-state index contributed by atoms with van der Waals surface area (Å²) in [5.74, 6) is 0. The number of aromatic nitrogens is 1. The highest BCUT2D eigenvalue weighted by Gasteiger charge is 2.08. The Hall–Kier alpha value is -0.990. The first-order valence-electron chi connectivity index (χ1n) is 8.14. The first-order chi connectivity index (χ1) is 10.3. The van der Waals surface area contributed by atoms with Gasteiger partial charge in [-0.3, -0.25) is 0 Å². The highest BCUT2D eigenvalue weighted by molar-refractivity contribution is 6.31. The maximum absolute atomic E-state index is 9.46. The quantitative estimate of drug-likeness (QED) is 0.605. The van der Waals surface area contributed by atoms with Gasteiger partial charge < -0.3 is 9.67 Å². The number of benzene rings is 1. The van der Waals surface area contributed by atoms with E-state index in [0.717, 1.165) is 28.0 Å². The molecule has 0 aliphatic carbocycles. The molecular formula is C18H26ClNO. The molecule has 0 unspecified atom stereocenters. The van der Waals surface area contributed by atoms with Crippen LogP contribution >= 0.6 is 11.6 Å². The van der Waals surface area contributed by atoms with E-state index < -0.39 is 0 Å². The van der Waals surface area contributed by atoms with Gasteiger partial charge in [0.1, 0.15) is 0 Å². The smallest absolute Gasteiger partial charge is 0.0702 e. The minimum Gasteiger partial charge on any atom is -0.392 e. The molecule has 1 aromatic heterocycles. The van der Waals surface area contributed by atoms with Crippen LogP contribution in [0.2, 0.25) is 5.02 Å². The molecule has 1 aromatic carbocycles. The van der Waals surface area contributed by atoms with E-state index in [1.165, 1.54) is 44.9 Å². The fraction of sp³-hybridized carbons (Fsp3) is 0.556. The summed E-state index contributed by atoms with van der Waals surface area (Å²) in [5, 5.41) is 11.3. The van der Waals surface area contributed by atoms with Gasteiger partial charge in [-0.25, -0.2) is 0 Å². The molecule has 2 nitrogen and oxygen atoms in total. The lowest BCUT2D eigenvalue weighted by Gasteiger charge is -2.06. The zero-order chi connectivity index (χ0) is 15.1.